The van der Waals surface area contributed by atoms with Crippen molar-refractivity contribution in [2.75, 3.05) is 0 Å². The molecule has 0 aliphatic carbocycles. The minimum Gasteiger partial charge on any atom is -0.0991 e. The minimum atomic E-state index is 1.20. The molecule has 0 aromatic rings. The molecule has 0 saturated heterocycles. The highest BCUT2D eigenvalue weighted by Crippen LogP contribution is 2.10. The Morgan fingerprint density at radius 3 is 1.75 bits per heavy atom. The van der Waals surface area contributed by atoms with E-state index in [0.717, 1.165) is 0 Å². The largest absolute Gasteiger partial charge is 0.0991 e. The van der Waals surface area contributed by atoms with Crippen molar-refractivity contribution in [1.29, 1.82) is 0 Å². The molecule has 0 aliphatic heterocycles. The van der Waals surface area contributed by atoms with Gasteiger partial charge in [-0.25, -0.2) is 0 Å². The number of hydrogen-bond acceptors (Lipinski definition) is 0. The summed E-state index contributed by atoms with van der Waals surface area (Å²) < 4.78 is 0. The van der Waals surface area contributed by atoms with E-state index in [0.29, 0.717) is 0 Å². The molecule has 0 aromatic heterocycles. The van der Waals surface area contributed by atoms with Crippen LogP contribution in [0.2, 0.25) is 0 Å². The van der Waals surface area contributed by atoms with Crippen LogP contribution in [0, 0.1) is 0 Å². The standard InChI is InChI=1S/C12H16.2C2H6/c1-5-8-10-12(7-3)11(4)9-6-2;2*1-2/h5-10H,1-2H2,3-4H3;2*1-2H3/b10-8-,11-9-,12-7-;;. The second-order valence-electron chi connectivity index (χ2n) is 2.42. The summed E-state index contributed by atoms with van der Waals surface area (Å²) in [5.41, 5.74) is 2.42. The maximum absolute atomic E-state index is 3.65. The summed E-state index contributed by atoms with van der Waals surface area (Å²) in [5, 5.41) is 0. The first-order chi connectivity index (χ1) is 7.76. The van der Waals surface area contributed by atoms with Gasteiger partial charge >= 0.3 is 0 Å². The maximum atomic E-state index is 3.65. The summed E-state index contributed by atoms with van der Waals surface area (Å²) in [6.07, 6.45) is 11.6. The van der Waals surface area contributed by atoms with E-state index in [9.17, 15) is 0 Å². The molecule has 0 heteroatoms. The highest BCUT2D eigenvalue weighted by molar-refractivity contribution is 5.40. The molecule has 0 heterocycles. The third-order valence-electron chi connectivity index (χ3n) is 1.55. The lowest BCUT2D eigenvalue weighted by Crippen LogP contribution is -1.78. The Morgan fingerprint density at radius 1 is 0.938 bits per heavy atom. The molecule has 0 radical (unpaired) electrons. The highest BCUT2D eigenvalue weighted by atomic mass is 14.0. The van der Waals surface area contributed by atoms with Gasteiger partial charge in [-0.2, -0.15) is 0 Å². The molecule has 16 heavy (non-hydrogen) atoms. The van der Waals surface area contributed by atoms with Gasteiger partial charge in [0.15, 0.2) is 0 Å². The van der Waals surface area contributed by atoms with Gasteiger partial charge in [0, 0.05) is 0 Å². The fourth-order valence-corrected chi connectivity index (χ4v) is 0.900. The van der Waals surface area contributed by atoms with E-state index in [1.165, 1.54) is 11.1 Å². The molecule has 0 aliphatic rings. The quantitative estimate of drug-likeness (QED) is 0.520. The van der Waals surface area contributed by atoms with Crippen LogP contribution < -0.4 is 0 Å². The molecule has 0 N–H and O–H groups in total. The number of allylic oxidation sites excluding steroid dienone is 8. The maximum Gasteiger partial charge on any atom is -0.0270 e. The Bertz CT molecular complexity index is 237. The van der Waals surface area contributed by atoms with Gasteiger partial charge in [-0.3, -0.25) is 0 Å². The van der Waals surface area contributed by atoms with Crippen LogP contribution in [0.25, 0.3) is 0 Å². The summed E-state index contributed by atoms with van der Waals surface area (Å²) in [7, 11) is 0. The lowest BCUT2D eigenvalue weighted by Gasteiger charge is -1.98. The molecule has 0 spiro atoms. The Labute approximate surface area is 103 Å². The second-order valence-corrected chi connectivity index (χ2v) is 2.42. The van der Waals surface area contributed by atoms with Crippen molar-refractivity contribution in [3.8, 4) is 0 Å². The molecule has 0 nitrogen and oxygen atoms in total. The first kappa shape index (κ1) is 20.2. The lowest BCUT2D eigenvalue weighted by molar-refractivity contribution is 1.41. The second kappa shape index (κ2) is 19.3. The summed E-state index contributed by atoms with van der Waals surface area (Å²) in [4.78, 5) is 0. The Kier molecular flexibility index (Phi) is 24.3. The zero-order chi connectivity index (χ0) is 13.4. The number of hydrogen-bond donors (Lipinski definition) is 0. The van der Waals surface area contributed by atoms with Crippen LogP contribution in [0.1, 0.15) is 41.5 Å². The molecule has 0 saturated carbocycles. The topological polar surface area (TPSA) is 0 Å². The molecule has 0 unspecified atom stereocenters. The van der Waals surface area contributed by atoms with E-state index < -0.39 is 0 Å². The van der Waals surface area contributed by atoms with Gasteiger partial charge in [-0.05, 0) is 25.0 Å². The predicted octanol–water partition coefficient (Wildman–Crippen LogP) is 5.86. The SMILES string of the molecule is C=C\C=C/C(=C/C)C(/C)=C\C=C.CC.CC. The van der Waals surface area contributed by atoms with Gasteiger partial charge in [-0.15, -0.1) is 0 Å². The van der Waals surface area contributed by atoms with Crippen LogP contribution in [-0.2, 0) is 0 Å². The van der Waals surface area contributed by atoms with Gasteiger partial charge in [0.05, 0.1) is 0 Å². The molecule has 0 atom stereocenters. The molecule has 0 amide bonds. The van der Waals surface area contributed by atoms with Gasteiger partial charge in [0.2, 0.25) is 0 Å². The van der Waals surface area contributed by atoms with Crippen molar-refractivity contribution < 1.29 is 0 Å². The van der Waals surface area contributed by atoms with E-state index in [-0.39, 0.29) is 0 Å². The normalized spacial score (nSPS) is 10.9. The molecule has 0 bridgehead atoms. The Balaban J connectivity index is -0.000000376. The van der Waals surface area contributed by atoms with Crippen LogP contribution in [0.4, 0.5) is 0 Å². The van der Waals surface area contributed by atoms with Gasteiger partial charge < -0.3 is 0 Å². The van der Waals surface area contributed by atoms with Crippen LogP contribution in [0.3, 0.4) is 0 Å². The van der Waals surface area contributed by atoms with Crippen molar-refractivity contribution in [3.63, 3.8) is 0 Å². The van der Waals surface area contributed by atoms with Crippen LogP contribution >= 0.6 is 0 Å². The van der Waals surface area contributed by atoms with Crippen molar-refractivity contribution in [2.24, 2.45) is 0 Å². The third-order valence-corrected chi connectivity index (χ3v) is 1.55. The average Bonchev–Trinajstić information content (AvgIpc) is 2.35. The monoisotopic (exact) mass is 220 g/mol. The molecule has 0 aromatic carbocycles. The van der Waals surface area contributed by atoms with Crippen molar-refractivity contribution in [1.82, 2.24) is 0 Å². The van der Waals surface area contributed by atoms with Crippen molar-refractivity contribution in [3.05, 3.63) is 60.8 Å². The zero-order valence-electron chi connectivity index (χ0n) is 11.9. The van der Waals surface area contributed by atoms with Gasteiger partial charge in [0.1, 0.15) is 0 Å². The van der Waals surface area contributed by atoms with Crippen LogP contribution in [-0.4, -0.2) is 0 Å². The van der Waals surface area contributed by atoms with Crippen LogP contribution in [0.15, 0.2) is 60.8 Å². The van der Waals surface area contributed by atoms with E-state index in [1.807, 2.05) is 52.8 Å². The van der Waals surface area contributed by atoms with Gasteiger partial charge in [0.25, 0.3) is 0 Å². The predicted molar refractivity (Wildman–Crippen MR) is 79.7 cm³/mol. The van der Waals surface area contributed by atoms with E-state index in [4.69, 9.17) is 0 Å². The Hall–Kier alpha value is -1.30. The van der Waals surface area contributed by atoms with E-state index >= 15 is 0 Å². The molecule has 0 rings (SSSR count). The highest BCUT2D eigenvalue weighted by Gasteiger charge is 1.90. The lowest BCUT2D eigenvalue weighted by atomic mass is 10.1. The molecule has 0 fully saturated rings. The summed E-state index contributed by atoms with van der Waals surface area (Å²) in [6, 6.07) is 0. The van der Waals surface area contributed by atoms with Crippen molar-refractivity contribution in [2.45, 2.75) is 41.5 Å². The number of rotatable bonds is 4. The van der Waals surface area contributed by atoms with Crippen molar-refractivity contribution >= 4 is 0 Å². The Morgan fingerprint density at radius 2 is 1.44 bits per heavy atom. The molecule has 92 valence electrons. The molecular weight excluding hydrogens is 192 g/mol. The third kappa shape index (κ3) is 12.7. The van der Waals surface area contributed by atoms with Crippen LogP contribution in [0.5, 0.6) is 0 Å². The zero-order valence-corrected chi connectivity index (χ0v) is 11.9. The fourth-order valence-electron chi connectivity index (χ4n) is 0.900. The van der Waals surface area contributed by atoms with Gasteiger partial charge in [-0.1, -0.05) is 77.3 Å². The fraction of sp³-hybridized carbons (Fsp3) is 0.375. The minimum absolute atomic E-state index is 1.20. The summed E-state index contributed by atoms with van der Waals surface area (Å²) in [6.45, 7) is 19.3. The first-order valence-electron chi connectivity index (χ1n) is 6.01. The smallest absolute Gasteiger partial charge is 0.0270 e. The van der Waals surface area contributed by atoms with E-state index in [2.05, 4.69) is 26.2 Å². The van der Waals surface area contributed by atoms with E-state index in [1.54, 1.807) is 12.2 Å². The summed E-state index contributed by atoms with van der Waals surface area (Å²) in [5.74, 6) is 0. The first-order valence-corrected chi connectivity index (χ1v) is 6.01. The molecular formula is C16H28. The average molecular weight is 220 g/mol. The summed E-state index contributed by atoms with van der Waals surface area (Å²) >= 11 is 0.